The zero-order valence-corrected chi connectivity index (χ0v) is 12.8. The van der Waals surface area contributed by atoms with E-state index in [9.17, 15) is 5.11 Å². The van der Waals surface area contributed by atoms with Gasteiger partial charge in [0.2, 0.25) is 0 Å². The molecular formula is C15H14BrClO2. The van der Waals surface area contributed by atoms with E-state index in [1.54, 1.807) is 25.1 Å². The second-order valence-corrected chi connectivity index (χ2v) is 5.63. The van der Waals surface area contributed by atoms with Crippen molar-refractivity contribution in [3.05, 3.63) is 63.1 Å². The SMILES string of the molecule is C[C@H](O)c1cc(Cl)ccc1OCc1ccc(Br)cc1. The first-order valence-corrected chi connectivity index (χ1v) is 7.08. The lowest BCUT2D eigenvalue weighted by atomic mass is 10.1. The lowest BCUT2D eigenvalue weighted by Gasteiger charge is -2.14. The van der Waals surface area contributed by atoms with Crippen LogP contribution in [0.5, 0.6) is 5.75 Å². The van der Waals surface area contributed by atoms with Gasteiger partial charge in [-0.3, -0.25) is 0 Å². The minimum absolute atomic E-state index is 0.453. The van der Waals surface area contributed by atoms with Gasteiger partial charge in [0, 0.05) is 15.1 Å². The summed E-state index contributed by atoms with van der Waals surface area (Å²) in [6, 6.07) is 13.2. The number of hydrogen-bond donors (Lipinski definition) is 1. The number of ether oxygens (including phenoxy) is 1. The van der Waals surface area contributed by atoms with Crippen LogP contribution in [-0.4, -0.2) is 5.11 Å². The average molecular weight is 342 g/mol. The van der Waals surface area contributed by atoms with Crippen LogP contribution in [0.1, 0.15) is 24.2 Å². The molecule has 0 fully saturated rings. The molecule has 2 nitrogen and oxygen atoms in total. The van der Waals surface area contributed by atoms with Crippen LogP contribution in [-0.2, 0) is 6.61 Å². The molecule has 0 saturated carbocycles. The van der Waals surface area contributed by atoms with Gasteiger partial charge in [0.25, 0.3) is 0 Å². The van der Waals surface area contributed by atoms with Crippen molar-refractivity contribution in [2.75, 3.05) is 0 Å². The molecule has 0 aliphatic rings. The van der Waals surface area contributed by atoms with Crippen molar-refractivity contribution in [1.82, 2.24) is 0 Å². The molecule has 0 saturated heterocycles. The standard InChI is InChI=1S/C15H14BrClO2/c1-10(18)14-8-13(17)6-7-15(14)19-9-11-2-4-12(16)5-3-11/h2-8,10,18H,9H2,1H3/t10-/m0/s1. The second-order valence-electron chi connectivity index (χ2n) is 4.27. The first-order valence-electron chi connectivity index (χ1n) is 5.91. The number of benzene rings is 2. The van der Waals surface area contributed by atoms with Gasteiger partial charge >= 0.3 is 0 Å². The molecule has 0 bridgehead atoms. The Labute approximate surface area is 126 Å². The average Bonchev–Trinajstić information content (AvgIpc) is 2.39. The number of rotatable bonds is 4. The summed E-state index contributed by atoms with van der Waals surface area (Å²) >= 11 is 9.32. The fraction of sp³-hybridized carbons (Fsp3) is 0.200. The van der Waals surface area contributed by atoms with Gasteiger partial charge in [0.1, 0.15) is 12.4 Å². The Hall–Kier alpha value is -1.03. The Balaban J connectivity index is 2.13. The highest BCUT2D eigenvalue weighted by molar-refractivity contribution is 9.10. The van der Waals surface area contributed by atoms with Gasteiger partial charge in [-0.25, -0.2) is 0 Å². The van der Waals surface area contributed by atoms with Crippen LogP contribution < -0.4 is 4.74 Å². The molecule has 0 amide bonds. The normalized spacial score (nSPS) is 12.2. The van der Waals surface area contributed by atoms with Crippen LogP contribution in [0.25, 0.3) is 0 Å². The molecule has 2 aromatic carbocycles. The molecule has 0 radical (unpaired) electrons. The molecule has 1 N–H and O–H groups in total. The summed E-state index contributed by atoms with van der Waals surface area (Å²) in [5.41, 5.74) is 1.76. The first kappa shape index (κ1) is 14.4. The molecule has 2 aromatic rings. The predicted molar refractivity (Wildman–Crippen MR) is 80.6 cm³/mol. The molecule has 0 aliphatic heterocycles. The van der Waals surface area contributed by atoms with Crippen LogP contribution in [0, 0.1) is 0 Å². The summed E-state index contributed by atoms with van der Waals surface area (Å²) in [5, 5.41) is 10.3. The Bertz CT molecular complexity index is 553. The lowest BCUT2D eigenvalue weighted by Crippen LogP contribution is -2.01. The molecule has 1 atom stereocenters. The molecule has 19 heavy (non-hydrogen) atoms. The Kier molecular flexibility index (Phi) is 4.86. The van der Waals surface area contributed by atoms with Crippen LogP contribution in [0.4, 0.5) is 0 Å². The second kappa shape index (κ2) is 6.42. The lowest BCUT2D eigenvalue weighted by molar-refractivity contribution is 0.190. The number of hydrogen-bond acceptors (Lipinski definition) is 2. The van der Waals surface area contributed by atoms with E-state index in [1.807, 2.05) is 24.3 Å². The van der Waals surface area contributed by atoms with Gasteiger partial charge in [-0.1, -0.05) is 39.7 Å². The maximum atomic E-state index is 9.72. The van der Waals surface area contributed by atoms with Crippen molar-refractivity contribution in [2.45, 2.75) is 19.6 Å². The summed E-state index contributed by atoms with van der Waals surface area (Å²) in [6.07, 6.45) is -0.612. The van der Waals surface area contributed by atoms with Crippen molar-refractivity contribution < 1.29 is 9.84 Å². The molecule has 4 heteroatoms. The van der Waals surface area contributed by atoms with Gasteiger partial charge in [-0.2, -0.15) is 0 Å². The minimum atomic E-state index is -0.612. The fourth-order valence-corrected chi connectivity index (χ4v) is 2.16. The van der Waals surface area contributed by atoms with Crippen LogP contribution in [0.2, 0.25) is 5.02 Å². The zero-order valence-electron chi connectivity index (χ0n) is 10.4. The molecule has 100 valence electrons. The molecule has 2 rings (SSSR count). The molecule has 0 heterocycles. The van der Waals surface area contributed by atoms with Gasteiger partial charge in [0.05, 0.1) is 6.10 Å². The smallest absolute Gasteiger partial charge is 0.125 e. The van der Waals surface area contributed by atoms with Crippen molar-refractivity contribution >= 4 is 27.5 Å². The van der Waals surface area contributed by atoms with Crippen LogP contribution in [0.15, 0.2) is 46.9 Å². The molecule has 0 unspecified atom stereocenters. The highest BCUT2D eigenvalue weighted by Crippen LogP contribution is 2.29. The third-order valence-corrected chi connectivity index (χ3v) is 3.49. The maximum absolute atomic E-state index is 9.72. The van der Waals surface area contributed by atoms with Gasteiger partial charge in [-0.15, -0.1) is 0 Å². The topological polar surface area (TPSA) is 29.5 Å². The van der Waals surface area contributed by atoms with Gasteiger partial charge in [0.15, 0.2) is 0 Å². The Morgan fingerprint density at radius 2 is 1.89 bits per heavy atom. The molecule has 0 aromatic heterocycles. The highest BCUT2D eigenvalue weighted by atomic mass is 79.9. The van der Waals surface area contributed by atoms with E-state index < -0.39 is 6.10 Å². The summed E-state index contributed by atoms with van der Waals surface area (Å²) in [5.74, 6) is 0.655. The van der Waals surface area contributed by atoms with Crippen LogP contribution in [0.3, 0.4) is 0 Å². The van der Waals surface area contributed by atoms with Gasteiger partial charge in [-0.05, 0) is 42.8 Å². The Morgan fingerprint density at radius 1 is 1.21 bits per heavy atom. The summed E-state index contributed by atoms with van der Waals surface area (Å²) in [4.78, 5) is 0. The largest absolute Gasteiger partial charge is 0.489 e. The van der Waals surface area contributed by atoms with E-state index >= 15 is 0 Å². The maximum Gasteiger partial charge on any atom is 0.125 e. The third kappa shape index (κ3) is 3.96. The van der Waals surface area contributed by atoms with E-state index in [2.05, 4.69) is 15.9 Å². The summed E-state index contributed by atoms with van der Waals surface area (Å²) < 4.78 is 6.78. The first-order chi connectivity index (χ1) is 9.06. The van der Waals surface area contributed by atoms with Crippen molar-refractivity contribution in [1.29, 1.82) is 0 Å². The van der Waals surface area contributed by atoms with Gasteiger partial charge < -0.3 is 9.84 Å². The van der Waals surface area contributed by atoms with E-state index in [0.29, 0.717) is 22.9 Å². The monoisotopic (exact) mass is 340 g/mol. The fourth-order valence-electron chi connectivity index (χ4n) is 1.72. The van der Waals surface area contributed by atoms with E-state index in [1.165, 1.54) is 0 Å². The summed E-state index contributed by atoms with van der Waals surface area (Å²) in [7, 11) is 0. The van der Waals surface area contributed by atoms with E-state index in [4.69, 9.17) is 16.3 Å². The highest BCUT2D eigenvalue weighted by Gasteiger charge is 2.10. The van der Waals surface area contributed by atoms with Crippen molar-refractivity contribution in [3.63, 3.8) is 0 Å². The molecule has 0 aliphatic carbocycles. The van der Waals surface area contributed by atoms with Crippen LogP contribution >= 0.6 is 27.5 Å². The van der Waals surface area contributed by atoms with Crippen molar-refractivity contribution in [2.24, 2.45) is 0 Å². The minimum Gasteiger partial charge on any atom is -0.489 e. The molecule has 0 spiro atoms. The van der Waals surface area contributed by atoms with E-state index in [-0.39, 0.29) is 0 Å². The third-order valence-electron chi connectivity index (χ3n) is 2.73. The molecular weight excluding hydrogens is 328 g/mol. The predicted octanol–water partition coefficient (Wildman–Crippen LogP) is 4.73. The summed E-state index contributed by atoms with van der Waals surface area (Å²) in [6.45, 7) is 2.15. The van der Waals surface area contributed by atoms with Crippen molar-refractivity contribution in [3.8, 4) is 5.75 Å². The zero-order chi connectivity index (χ0) is 13.8. The van der Waals surface area contributed by atoms with E-state index in [0.717, 1.165) is 10.0 Å². The number of aliphatic hydroxyl groups excluding tert-OH is 1. The quantitative estimate of drug-likeness (QED) is 0.870. The number of aliphatic hydroxyl groups is 1. The number of halogens is 2. The Morgan fingerprint density at radius 3 is 2.53 bits per heavy atom.